The van der Waals surface area contributed by atoms with Crippen LogP contribution < -0.4 is 5.32 Å². The molecular formula is C17H25N3O. The summed E-state index contributed by atoms with van der Waals surface area (Å²) in [6.45, 7) is 5.69. The lowest BCUT2D eigenvalue weighted by Gasteiger charge is -2.20. The van der Waals surface area contributed by atoms with E-state index >= 15 is 0 Å². The van der Waals surface area contributed by atoms with Crippen molar-refractivity contribution < 1.29 is 5.11 Å². The van der Waals surface area contributed by atoms with Gasteiger partial charge >= 0.3 is 0 Å². The second-order valence-electron chi connectivity index (χ2n) is 5.41. The summed E-state index contributed by atoms with van der Waals surface area (Å²) < 4.78 is 1.98. The molecule has 4 heteroatoms. The Morgan fingerprint density at radius 1 is 1.19 bits per heavy atom. The van der Waals surface area contributed by atoms with Gasteiger partial charge in [0.1, 0.15) is 0 Å². The Balaban J connectivity index is 1.81. The molecule has 2 rings (SSSR count). The molecule has 0 aliphatic carbocycles. The quantitative estimate of drug-likeness (QED) is 0.785. The molecular weight excluding hydrogens is 262 g/mol. The lowest BCUT2D eigenvalue weighted by atomic mass is 9.96. The van der Waals surface area contributed by atoms with Crippen molar-refractivity contribution in [3.8, 4) is 5.69 Å². The smallest absolute Gasteiger partial charge is 0.0991 e. The van der Waals surface area contributed by atoms with E-state index in [4.69, 9.17) is 0 Å². The van der Waals surface area contributed by atoms with Gasteiger partial charge in [0.2, 0.25) is 0 Å². The highest BCUT2D eigenvalue weighted by Crippen LogP contribution is 2.13. The van der Waals surface area contributed by atoms with Crippen LogP contribution in [0, 0.1) is 5.92 Å². The summed E-state index contributed by atoms with van der Waals surface area (Å²) in [6, 6.07) is 8.36. The van der Waals surface area contributed by atoms with E-state index in [1.807, 2.05) is 10.8 Å². The summed E-state index contributed by atoms with van der Waals surface area (Å²) in [4.78, 5) is 4.05. The van der Waals surface area contributed by atoms with Crippen molar-refractivity contribution in [3.05, 3.63) is 48.5 Å². The van der Waals surface area contributed by atoms with Crippen molar-refractivity contribution in [2.45, 2.75) is 39.3 Å². The van der Waals surface area contributed by atoms with Crippen molar-refractivity contribution >= 4 is 0 Å². The number of hydrogen-bond acceptors (Lipinski definition) is 3. The van der Waals surface area contributed by atoms with Gasteiger partial charge in [-0.25, -0.2) is 4.98 Å². The predicted molar refractivity (Wildman–Crippen MR) is 85.3 cm³/mol. The normalized spacial score (nSPS) is 12.8. The maximum Gasteiger partial charge on any atom is 0.0991 e. The molecule has 0 fully saturated rings. The lowest BCUT2D eigenvalue weighted by Crippen LogP contribution is -2.32. The molecule has 1 aromatic heterocycles. The van der Waals surface area contributed by atoms with Gasteiger partial charge in [0.15, 0.2) is 0 Å². The minimum Gasteiger partial charge on any atom is -0.392 e. The Kier molecular flexibility index (Phi) is 5.96. The number of imidazole rings is 1. The van der Waals surface area contributed by atoms with E-state index in [9.17, 15) is 5.11 Å². The van der Waals surface area contributed by atoms with E-state index in [0.717, 1.165) is 25.1 Å². The first-order valence-electron chi connectivity index (χ1n) is 7.70. The highest BCUT2D eigenvalue weighted by atomic mass is 16.3. The molecule has 4 nitrogen and oxygen atoms in total. The fourth-order valence-corrected chi connectivity index (χ4v) is 2.56. The second kappa shape index (κ2) is 7.96. The van der Waals surface area contributed by atoms with Crippen molar-refractivity contribution in [2.24, 2.45) is 5.92 Å². The third-order valence-electron chi connectivity index (χ3n) is 4.01. The topological polar surface area (TPSA) is 50.1 Å². The van der Waals surface area contributed by atoms with Crippen LogP contribution in [0.15, 0.2) is 43.0 Å². The zero-order valence-corrected chi connectivity index (χ0v) is 12.9. The Morgan fingerprint density at radius 3 is 2.48 bits per heavy atom. The minimum atomic E-state index is -0.259. The van der Waals surface area contributed by atoms with Gasteiger partial charge in [0.05, 0.1) is 12.4 Å². The molecule has 2 N–H and O–H groups in total. The molecule has 0 saturated heterocycles. The molecule has 114 valence electrons. The molecule has 1 unspecified atom stereocenters. The monoisotopic (exact) mass is 287 g/mol. The fourth-order valence-electron chi connectivity index (χ4n) is 2.56. The van der Waals surface area contributed by atoms with Crippen LogP contribution in [0.3, 0.4) is 0 Å². The number of nitrogens with zero attached hydrogens (tertiary/aromatic N) is 2. The number of nitrogens with one attached hydrogen (secondary N) is 1. The van der Waals surface area contributed by atoms with E-state index in [1.54, 1.807) is 12.5 Å². The van der Waals surface area contributed by atoms with Crippen molar-refractivity contribution in [2.75, 3.05) is 6.54 Å². The molecule has 1 aromatic carbocycles. The number of benzene rings is 1. The average Bonchev–Trinajstić information content (AvgIpc) is 3.03. The maximum atomic E-state index is 10.1. The average molecular weight is 287 g/mol. The third kappa shape index (κ3) is 4.41. The standard InChI is InChI=1S/C17H25N3O/c1-3-15(4-2)17(21)12-19-11-14-5-7-16(8-6-14)20-10-9-18-13-20/h5-10,13,15,17,19,21H,3-4,11-12H2,1-2H3. The Bertz CT molecular complexity index is 503. The van der Waals surface area contributed by atoms with E-state index in [2.05, 4.69) is 48.4 Å². The van der Waals surface area contributed by atoms with Gasteiger partial charge in [-0.15, -0.1) is 0 Å². The number of hydrogen-bond donors (Lipinski definition) is 2. The Hall–Kier alpha value is -1.65. The van der Waals surface area contributed by atoms with Gasteiger partial charge in [-0.3, -0.25) is 0 Å². The number of aliphatic hydroxyl groups excluding tert-OH is 1. The van der Waals surface area contributed by atoms with Crippen LogP contribution in [0.1, 0.15) is 32.3 Å². The first-order chi connectivity index (χ1) is 10.2. The van der Waals surface area contributed by atoms with Gasteiger partial charge < -0.3 is 15.0 Å². The maximum absolute atomic E-state index is 10.1. The summed E-state index contributed by atoms with van der Waals surface area (Å²) in [5, 5.41) is 13.4. The lowest BCUT2D eigenvalue weighted by molar-refractivity contribution is 0.101. The number of rotatable bonds is 8. The van der Waals surface area contributed by atoms with Gasteiger partial charge in [-0.05, 0) is 23.6 Å². The zero-order valence-electron chi connectivity index (χ0n) is 12.9. The molecule has 1 atom stereocenters. The van der Waals surface area contributed by atoms with Crippen molar-refractivity contribution in [1.29, 1.82) is 0 Å². The largest absolute Gasteiger partial charge is 0.392 e. The summed E-state index contributed by atoms with van der Waals surface area (Å²) >= 11 is 0. The van der Waals surface area contributed by atoms with Crippen LogP contribution in [0.4, 0.5) is 0 Å². The fraction of sp³-hybridized carbons (Fsp3) is 0.471. The molecule has 0 aliphatic heterocycles. The molecule has 0 radical (unpaired) electrons. The van der Waals surface area contributed by atoms with Crippen LogP contribution >= 0.6 is 0 Å². The van der Waals surface area contributed by atoms with Gasteiger partial charge in [0.25, 0.3) is 0 Å². The molecule has 0 spiro atoms. The van der Waals surface area contributed by atoms with Crippen molar-refractivity contribution in [3.63, 3.8) is 0 Å². The van der Waals surface area contributed by atoms with Crippen LogP contribution in [-0.4, -0.2) is 27.3 Å². The highest BCUT2D eigenvalue weighted by molar-refractivity contribution is 5.34. The first-order valence-corrected chi connectivity index (χ1v) is 7.70. The minimum absolute atomic E-state index is 0.259. The highest BCUT2D eigenvalue weighted by Gasteiger charge is 2.14. The molecule has 21 heavy (non-hydrogen) atoms. The van der Waals surface area contributed by atoms with Crippen LogP contribution in [0.25, 0.3) is 5.69 Å². The summed E-state index contributed by atoms with van der Waals surface area (Å²) in [5.74, 6) is 0.390. The SMILES string of the molecule is CCC(CC)C(O)CNCc1ccc(-n2ccnc2)cc1. The summed E-state index contributed by atoms with van der Waals surface area (Å²) in [5.41, 5.74) is 2.32. The van der Waals surface area contributed by atoms with Gasteiger partial charge in [-0.1, -0.05) is 38.8 Å². The Morgan fingerprint density at radius 2 is 1.90 bits per heavy atom. The molecule has 0 bridgehead atoms. The molecule has 0 aliphatic rings. The molecule has 0 amide bonds. The summed E-state index contributed by atoms with van der Waals surface area (Å²) in [6.07, 6.45) is 7.29. The molecule has 0 saturated carbocycles. The molecule has 1 heterocycles. The second-order valence-corrected chi connectivity index (χ2v) is 5.41. The molecule has 2 aromatic rings. The third-order valence-corrected chi connectivity index (χ3v) is 4.01. The first kappa shape index (κ1) is 15.7. The van der Waals surface area contributed by atoms with E-state index in [0.29, 0.717) is 12.5 Å². The Labute approximate surface area is 126 Å². The number of aromatic nitrogens is 2. The van der Waals surface area contributed by atoms with E-state index in [-0.39, 0.29) is 6.10 Å². The van der Waals surface area contributed by atoms with Gasteiger partial charge in [-0.2, -0.15) is 0 Å². The number of aliphatic hydroxyl groups is 1. The van der Waals surface area contributed by atoms with E-state index in [1.165, 1.54) is 5.56 Å². The van der Waals surface area contributed by atoms with E-state index < -0.39 is 0 Å². The summed E-state index contributed by atoms with van der Waals surface area (Å²) in [7, 11) is 0. The predicted octanol–water partition coefficient (Wildman–Crippen LogP) is 2.76. The van der Waals surface area contributed by atoms with Gasteiger partial charge in [0, 0.05) is 31.2 Å². The van der Waals surface area contributed by atoms with Crippen molar-refractivity contribution in [1.82, 2.24) is 14.9 Å². The van der Waals surface area contributed by atoms with Crippen LogP contribution in [-0.2, 0) is 6.54 Å². The zero-order chi connectivity index (χ0) is 15.1. The van der Waals surface area contributed by atoms with Crippen LogP contribution in [0.2, 0.25) is 0 Å². The van der Waals surface area contributed by atoms with Crippen LogP contribution in [0.5, 0.6) is 0 Å².